The van der Waals surface area contributed by atoms with Crippen LogP contribution in [0.15, 0.2) is 77.5 Å². The van der Waals surface area contributed by atoms with E-state index >= 15 is 0 Å². The number of carbonyl (C=O) groups is 1. The minimum absolute atomic E-state index is 0.260. The standard InChI is InChI=1S/C20H28O2.C3H3N3O2/c1-15(8-6-9-16(2)14-19(21)22)11-12-18-17(3)10-7-13-20(18,4)5;7-6(8)5-2-1-4-3-5/h6,8-9,11-12,14H,7,10,13H2,1-5H3,(H,21,22);1-3H/b9-6+,12-11+,15-8+,16-14+;. The van der Waals surface area contributed by atoms with E-state index in [4.69, 9.17) is 5.11 Å². The summed E-state index contributed by atoms with van der Waals surface area (Å²) in [6.07, 6.45) is 18.8. The highest BCUT2D eigenvalue weighted by molar-refractivity contribution is 5.81. The minimum atomic E-state index is -0.912. The van der Waals surface area contributed by atoms with Crippen molar-refractivity contribution in [1.29, 1.82) is 0 Å². The molecule has 7 heteroatoms. The molecule has 0 saturated heterocycles. The van der Waals surface area contributed by atoms with Gasteiger partial charge < -0.3 is 5.11 Å². The number of hydrogen-bond acceptors (Lipinski definition) is 4. The summed E-state index contributed by atoms with van der Waals surface area (Å²) >= 11 is 0. The molecule has 162 valence electrons. The number of nitrogens with zero attached hydrogens (tertiary/aromatic N) is 3. The minimum Gasteiger partial charge on any atom is -0.478 e. The fraction of sp³-hybridized carbons (Fsp3) is 0.391. The van der Waals surface area contributed by atoms with Gasteiger partial charge in [0.05, 0.1) is 12.4 Å². The van der Waals surface area contributed by atoms with E-state index in [1.807, 2.05) is 12.2 Å². The van der Waals surface area contributed by atoms with Gasteiger partial charge >= 0.3 is 5.97 Å². The first kappa shape index (κ1) is 24.8. The van der Waals surface area contributed by atoms with Crippen molar-refractivity contribution < 1.29 is 14.9 Å². The Kier molecular flexibility index (Phi) is 9.68. The Morgan fingerprint density at radius 1 is 1.30 bits per heavy atom. The van der Waals surface area contributed by atoms with Crippen LogP contribution in [0.2, 0.25) is 0 Å². The lowest BCUT2D eigenvalue weighted by atomic mass is 9.72. The van der Waals surface area contributed by atoms with E-state index in [1.54, 1.807) is 13.0 Å². The molecule has 30 heavy (non-hydrogen) atoms. The lowest BCUT2D eigenvalue weighted by Gasteiger charge is -2.32. The molecule has 0 spiro atoms. The molecule has 0 aromatic carbocycles. The van der Waals surface area contributed by atoms with Gasteiger partial charge in [-0.15, -0.1) is 0 Å². The fourth-order valence-corrected chi connectivity index (χ4v) is 3.22. The van der Waals surface area contributed by atoms with Crippen LogP contribution in [0.25, 0.3) is 0 Å². The van der Waals surface area contributed by atoms with Crippen LogP contribution in [-0.4, -0.2) is 25.8 Å². The highest BCUT2D eigenvalue weighted by atomic mass is 16.7. The van der Waals surface area contributed by atoms with E-state index in [0.29, 0.717) is 0 Å². The van der Waals surface area contributed by atoms with E-state index in [-0.39, 0.29) is 5.41 Å². The van der Waals surface area contributed by atoms with E-state index in [2.05, 4.69) is 44.8 Å². The van der Waals surface area contributed by atoms with Gasteiger partial charge in [0.25, 0.3) is 0 Å². The zero-order chi connectivity index (χ0) is 22.7. The van der Waals surface area contributed by atoms with Crippen LogP contribution in [-0.2, 0) is 4.79 Å². The van der Waals surface area contributed by atoms with Gasteiger partial charge in [-0.2, -0.15) is 0 Å². The summed E-state index contributed by atoms with van der Waals surface area (Å²) in [5.41, 5.74) is 5.09. The second-order valence-electron chi connectivity index (χ2n) is 7.94. The number of carboxylic acid groups (broad SMARTS) is 1. The highest BCUT2D eigenvalue weighted by Gasteiger charge is 2.26. The summed E-state index contributed by atoms with van der Waals surface area (Å²) < 4.78 is 0.778. The van der Waals surface area contributed by atoms with Crippen LogP contribution in [0.3, 0.4) is 0 Å². The number of allylic oxidation sites excluding steroid dienone is 9. The Hall–Kier alpha value is -3.22. The number of aliphatic carboxylic acids is 1. The van der Waals surface area contributed by atoms with Gasteiger partial charge in [0.2, 0.25) is 0 Å². The maximum atomic E-state index is 10.5. The first-order valence-electron chi connectivity index (χ1n) is 9.80. The molecule has 0 aliphatic heterocycles. The molecule has 0 amide bonds. The number of rotatable bonds is 6. The van der Waals surface area contributed by atoms with E-state index in [1.165, 1.54) is 48.9 Å². The average Bonchev–Trinajstić information content (AvgIpc) is 3.15. The van der Waals surface area contributed by atoms with Gasteiger partial charge in [-0.05, 0) is 56.6 Å². The summed E-state index contributed by atoms with van der Waals surface area (Å²) in [5, 5.41) is 17.9. The van der Waals surface area contributed by atoms with Gasteiger partial charge in [-0.25, -0.2) is 19.9 Å². The quantitative estimate of drug-likeness (QED) is 0.286. The molecule has 1 heterocycles. The Morgan fingerprint density at radius 2 is 2.00 bits per heavy atom. The van der Waals surface area contributed by atoms with Crippen LogP contribution >= 0.6 is 0 Å². The third-order valence-corrected chi connectivity index (χ3v) is 4.80. The molecular formula is C23H31N3O4. The lowest BCUT2D eigenvalue weighted by Crippen LogP contribution is -2.19. The van der Waals surface area contributed by atoms with Crippen LogP contribution in [0.5, 0.6) is 0 Å². The van der Waals surface area contributed by atoms with E-state index in [9.17, 15) is 14.9 Å². The number of imidazole rings is 1. The predicted octanol–water partition coefficient (Wildman–Crippen LogP) is 5.53. The zero-order valence-corrected chi connectivity index (χ0v) is 18.3. The van der Waals surface area contributed by atoms with Crippen molar-refractivity contribution in [2.45, 2.75) is 53.9 Å². The van der Waals surface area contributed by atoms with Crippen LogP contribution in [0, 0.1) is 15.5 Å². The second kappa shape index (κ2) is 11.7. The Bertz CT molecular complexity index is 886. The molecule has 7 nitrogen and oxygen atoms in total. The molecule has 1 N–H and O–H groups in total. The first-order chi connectivity index (χ1) is 14.0. The molecule has 0 radical (unpaired) electrons. The average molecular weight is 414 g/mol. The molecule has 2 rings (SSSR count). The van der Waals surface area contributed by atoms with E-state index < -0.39 is 11.0 Å². The lowest BCUT2D eigenvalue weighted by molar-refractivity contribution is -0.542. The zero-order valence-electron chi connectivity index (χ0n) is 18.3. The molecule has 0 bridgehead atoms. The molecule has 0 fully saturated rings. The SMILES string of the molecule is CC1=C(/C=C/C(C)=C/C=C/C(C)=C/C(=O)O)C(C)(C)CCC1.O=[N+]([O-])n1ccnc1. The van der Waals surface area contributed by atoms with Crippen molar-refractivity contribution in [3.8, 4) is 0 Å². The van der Waals surface area contributed by atoms with Gasteiger partial charge in [0.1, 0.15) is 0 Å². The Morgan fingerprint density at radius 3 is 2.50 bits per heavy atom. The van der Waals surface area contributed by atoms with Crippen LogP contribution < -0.4 is 0 Å². The number of hydrogen-bond donors (Lipinski definition) is 1. The number of carboxylic acids is 1. The third kappa shape index (κ3) is 8.86. The summed E-state index contributed by atoms with van der Waals surface area (Å²) in [5.74, 6) is -0.912. The maximum absolute atomic E-state index is 10.5. The molecule has 0 atom stereocenters. The fourth-order valence-electron chi connectivity index (χ4n) is 3.22. The summed E-state index contributed by atoms with van der Waals surface area (Å²) in [6, 6.07) is 0. The normalized spacial score (nSPS) is 17.2. The van der Waals surface area contributed by atoms with Gasteiger partial charge in [0.15, 0.2) is 11.4 Å². The summed E-state index contributed by atoms with van der Waals surface area (Å²) in [4.78, 5) is 23.8. The van der Waals surface area contributed by atoms with Crippen molar-refractivity contribution in [2.24, 2.45) is 5.41 Å². The molecule has 1 aromatic heterocycles. The highest BCUT2D eigenvalue weighted by Crippen LogP contribution is 2.40. The van der Waals surface area contributed by atoms with Crippen molar-refractivity contribution >= 4 is 5.97 Å². The Labute approximate surface area is 177 Å². The topological polar surface area (TPSA) is 98.3 Å². The summed E-state index contributed by atoms with van der Waals surface area (Å²) in [7, 11) is 0. The van der Waals surface area contributed by atoms with Gasteiger partial charge in [-0.3, -0.25) is 0 Å². The largest absolute Gasteiger partial charge is 0.478 e. The predicted molar refractivity (Wildman–Crippen MR) is 118 cm³/mol. The van der Waals surface area contributed by atoms with Crippen LogP contribution in [0.1, 0.15) is 53.9 Å². The van der Waals surface area contributed by atoms with Gasteiger partial charge in [-0.1, -0.05) is 60.0 Å². The third-order valence-electron chi connectivity index (χ3n) is 4.80. The molecular weight excluding hydrogens is 382 g/mol. The second-order valence-corrected chi connectivity index (χ2v) is 7.94. The van der Waals surface area contributed by atoms with Gasteiger partial charge in [0, 0.05) is 6.08 Å². The van der Waals surface area contributed by atoms with Crippen molar-refractivity contribution in [3.63, 3.8) is 0 Å². The van der Waals surface area contributed by atoms with Crippen LogP contribution in [0.4, 0.5) is 0 Å². The smallest absolute Gasteiger partial charge is 0.328 e. The number of aromatic nitrogens is 2. The van der Waals surface area contributed by atoms with E-state index in [0.717, 1.165) is 22.1 Å². The maximum Gasteiger partial charge on any atom is 0.328 e. The number of nitro groups is 1. The molecule has 0 saturated carbocycles. The summed E-state index contributed by atoms with van der Waals surface area (Å²) in [6.45, 7) is 10.7. The molecule has 1 aromatic rings. The Balaban J connectivity index is 0.000000467. The first-order valence-corrected chi connectivity index (χ1v) is 9.80. The molecule has 1 aliphatic rings. The van der Waals surface area contributed by atoms with Crippen molar-refractivity contribution in [1.82, 2.24) is 9.66 Å². The van der Waals surface area contributed by atoms with Crippen molar-refractivity contribution in [3.05, 3.63) is 87.6 Å². The van der Waals surface area contributed by atoms with Crippen molar-refractivity contribution in [2.75, 3.05) is 0 Å². The monoisotopic (exact) mass is 413 g/mol. The molecule has 0 unspecified atom stereocenters. The molecule has 1 aliphatic carbocycles.